The van der Waals surface area contributed by atoms with Crippen molar-refractivity contribution >= 4 is 55.8 Å². The first-order valence-corrected chi connectivity index (χ1v) is 15.5. The van der Waals surface area contributed by atoms with E-state index in [2.05, 4.69) is 20.6 Å². The molecule has 13 heteroatoms. The molecule has 0 radical (unpaired) electrons. The largest absolute Gasteiger partial charge is 0.470 e. The van der Waals surface area contributed by atoms with Gasteiger partial charge in [0, 0.05) is 30.0 Å². The molecule has 2 unspecified atom stereocenters. The van der Waals surface area contributed by atoms with Crippen LogP contribution in [0.5, 0.6) is 5.88 Å². The number of halogens is 3. The molecule has 0 amide bonds. The van der Waals surface area contributed by atoms with Crippen LogP contribution in [-0.4, -0.2) is 45.3 Å². The highest BCUT2D eigenvalue weighted by Crippen LogP contribution is 2.35. The van der Waals surface area contributed by atoms with Crippen molar-refractivity contribution in [1.82, 2.24) is 19.5 Å². The molecule has 228 valence electrons. The van der Waals surface area contributed by atoms with Crippen molar-refractivity contribution in [1.29, 1.82) is 0 Å². The molecule has 4 aromatic heterocycles. The van der Waals surface area contributed by atoms with Gasteiger partial charge in [0.2, 0.25) is 5.82 Å². The Bertz CT molecular complexity index is 1910. The van der Waals surface area contributed by atoms with Crippen LogP contribution < -0.4 is 4.74 Å². The number of thiophene rings is 1. The molecule has 2 atom stereocenters. The van der Waals surface area contributed by atoms with Gasteiger partial charge in [0.25, 0.3) is 11.9 Å². The van der Waals surface area contributed by atoms with Crippen LogP contribution in [0, 0.1) is 17.7 Å². The number of methoxy groups -OCH3 is 1. The number of aromatic nitrogens is 4. The zero-order chi connectivity index (χ0) is 30.4. The monoisotopic (exact) mass is 640 g/mol. The number of hydrogen-bond acceptors (Lipinski definition) is 9. The number of allylic oxidation sites excluding steroid dienone is 2. The lowest BCUT2D eigenvalue weighted by atomic mass is 9.87. The second kappa shape index (κ2) is 11.9. The molecule has 1 saturated heterocycles. The molecule has 0 spiro atoms. The molecule has 1 aromatic carbocycles. The number of hydrogen-bond donors (Lipinski definition) is 0. The summed E-state index contributed by atoms with van der Waals surface area (Å²) >= 11 is 7.48. The van der Waals surface area contributed by atoms with E-state index < -0.39 is 11.8 Å². The van der Waals surface area contributed by atoms with Gasteiger partial charge in [-0.05, 0) is 49.3 Å². The van der Waals surface area contributed by atoms with E-state index in [1.807, 2.05) is 6.07 Å². The van der Waals surface area contributed by atoms with Gasteiger partial charge in [0.15, 0.2) is 5.82 Å². The Labute approximate surface area is 259 Å². The van der Waals surface area contributed by atoms with Gasteiger partial charge >= 0.3 is 5.97 Å². The van der Waals surface area contributed by atoms with Gasteiger partial charge in [-0.3, -0.25) is 0 Å². The van der Waals surface area contributed by atoms with Gasteiger partial charge in [-0.15, -0.1) is 11.3 Å². The quantitative estimate of drug-likeness (QED) is 0.157. The second-order valence-electron chi connectivity index (χ2n) is 10.9. The molecule has 9 nitrogen and oxygen atoms in total. The van der Waals surface area contributed by atoms with Gasteiger partial charge in [-0.25, -0.2) is 14.8 Å². The molecule has 5 heterocycles. The highest BCUT2D eigenvalue weighted by molar-refractivity contribution is 7.20. The Morgan fingerprint density at radius 1 is 1.23 bits per heavy atom. The van der Waals surface area contributed by atoms with Crippen molar-refractivity contribution in [2.45, 2.75) is 51.4 Å². The smallest absolute Gasteiger partial charge is 0.348 e. The Morgan fingerprint density at radius 3 is 2.84 bits per heavy atom. The number of imidazole rings is 1. The lowest BCUT2D eigenvalue weighted by molar-refractivity contribution is -0.0590. The number of furan rings is 1. The summed E-state index contributed by atoms with van der Waals surface area (Å²) in [5.41, 5.74) is 2.60. The van der Waals surface area contributed by atoms with Crippen LogP contribution in [0.25, 0.3) is 26.9 Å². The van der Waals surface area contributed by atoms with E-state index in [0.717, 1.165) is 60.2 Å². The first kappa shape index (κ1) is 28.9. The summed E-state index contributed by atoms with van der Waals surface area (Å²) in [5.74, 6) is 0.466. The van der Waals surface area contributed by atoms with Gasteiger partial charge in [0.05, 0.1) is 36.5 Å². The molecule has 5 aromatic rings. The Kier molecular flexibility index (Phi) is 7.81. The van der Waals surface area contributed by atoms with Crippen LogP contribution in [0.1, 0.15) is 52.6 Å². The van der Waals surface area contributed by atoms with Gasteiger partial charge in [-0.2, -0.15) is 13.8 Å². The van der Waals surface area contributed by atoms with E-state index in [1.165, 1.54) is 24.5 Å². The third-order valence-electron chi connectivity index (χ3n) is 8.13. The Balaban J connectivity index is 1.05. The third kappa shape index (κ3) is 5.57. The standard InChI is InChI=1S/C31H27ClF2N4O5S/c1-40-31(39)24-12-23-30(44-24)36-26(38(23)14-19-8-9-41-19)10-16-2-4-17(5-3-16)28-35-13-22(33)29(37-28)42-15-18-6-7-21(32)20-11-25(34)43-27(18)20/h4,6-7,11-13,16,19H,2-3,5,8-10,14-15H2,1H3. The molecule has 0 bridgehead atoms. The van der Waals surface area contributed by atoms with Crippen LogP contribution in [0.15, 0.2) is 41.0 Å². The summed E-state index contributed by atoms with van der Waals surface area (Å²) in [6.07, 6.45) is 7.49. The summed E-state index contributed by atoms with van der Waals surface area (Å²) in [6, 6.07) is 5.54. The van der Waals surface area contributed by atoms with E-state index in [1.54, 1.807) is 12.1 Å². The molecule has 2 aliphatic rings. The predicted octanol–water partition coefficient (Wildman–Crippen LogP) is 7.15. The van der Waals surface area contributed by atoms with Crippen molar-refractivity contribution in [3.8, 4) is 5.88 Å². The number of esters is 1. The highest BCUT2D eigenvalue weighted by atomic mass is 35.5. The predicted molar refractivity (Wildman–Crippen MR) is 160 cm³/mol. The number of fused-ring (bicyclic) bond motifs is 2. The SMILES string of the molecule is COC(=O)c1cc2c(nc(CC3CC=C(c4ncc(F)c(OCc5ccc(Cl)c6cc(F)oc56)n4)CC3)n2CC2CCO2)s1. The summed E-state index contributed by atoms with van der Waals surface area (Å²) in [4.78, 5) is 26.9. The van der Waals surface area contributed by atoms with Crippen LogP contribution in [-0.2, 0) is 29.0 Å². The van der Waals surface area contributed by atoms with Crippen molar-refractivity contribution in [2.24, 2.45) is 5.92 Å². The molecule has 7 rings (SSSR count). The Morgan fingerprint density at radius 2 is 2.09 bits per heavy atom. The minimum Gasteiger partial charge on any atom is -0.470 e. The van der Waals surface area contributed by atoms with Crippen LogP contribution in [0.4, 0.5) is 8.78 Å². The molecule has 0 N–H and O–H groups in total. The number of carbonyl (C=O) groups excluding carboxylic acids is 1. The summed E-state index contributed by atoms with van der Waals surface area (Å²) in [5, 5.41) is 0.763. The van der Waals surface area contributed by atoms with Gasteiger partial charge in [0.1, 0.15) is 27.7 Å². The number of ether oxygens (including phenoxy) is 3. The first-order chi connectivity index (χ1) is 21.4. The highest BCUT2D eigenvalue weighted by Gasteiger charge is 2.26. The maximum absolute atomic E-state index is 14.6. The number of benzene rings is 1. The average molecular weight is 641 g/mol. The zero-order valence-electron chi connectivity index (χ0n) is 23.6. The summed E-state index contributed by atoms with van der Waals surface area (Å²) < 4.78 is 51.9. The first-order valence-electron chi connectivity index (χ1n) is 14.3. The van der Waals surface area contributed by atoms with E-state index in [0.29, 0.717) is 45.6 Å². The summed E-state index contributed by atoms with van der Waals surface area (Å²) in [6.45, 7) is 1.37. The fourth-order valence-electron chi connectivity index (χ4n) is 5.67. The fraction of sp³-hybridized carbons (Fsp3) is 0.355. The van der Waals surface area contributed by atoms with E-state index in [-0.39, 0.29) is 30.1 Å². The van der Waals surface area contributed by atoms with Crippen LogP contribution >= 0.6 is 22.9 Å². The molecule has 1 aliphatic heterocycles. The van der Waals surface area contributed by atoms with Crippen molar-refractivity contribution in [3.63, 3.8) is 0 Å². The molecule has 1 aliphatic carbocycles. The Hall–Kier alpha value is -3.87. The molecular weight excluding hydrogens is 614 g/mol. The average Bonchev–Trinajstić information content (AvgIpc) is 3.69. The van der Waals surface area contributed by atoms with E-state index in [4.69, 9.17) is 35.2 Å². The molecular formula is C31H27ClF2N4O5S. The lowest BCUT2D eigenvalue weighted by Crippen LogP contribution is -2.32. The van der Waals surface area contributed by atoms with Crippen LogP contribution in [0.3, 0.4) is 0 Å². The molecule has 1 fully saturated rings. The number of nitrogens with zero attached hydrogens (tertiary/aromatic N) is 4. The maximum Gasteiger partial charge on any atom is 0.348 e. The number of rotatable bonds is 9. The maximum atomic E-state index is 14.6. The third-order valence-corrected chi connectivity index (χ3v) is 9.46. The molecule has 44 heavy (non-hydrogen) atoms. The minimum atomic E-state index is -0.767. The van der Waals surface area contributed by atoms with Crippen molar-refractivity contribution in [3.05, 3.63) is 75.5 Å². The van der Waals surface area contributed by atoms with E-state index >= 15 is 0 Å². The topological polar surface area (TPSA) is 102 Å². The van der Waals surface area contributed by atoms with Gasteiger partial charge in [-0.1, -0.05) is 23.7 Å². The normalized spacial score (nSPS) is 18.4. The fourth-order valence-corrected chi connectivity index (χ4v) is 6.85. The molecule has 0 saturated carbocycles. The van der Waals surface area contributed by atoms with E-state index in [9.17, 15) is 13.6 Å². The van der Waals surface area contributed by atoms with Gasteiger partial charge < -0.3 is 23.2 Å². The van der Waals surface area contributed by atoms with Crippen molar-refractivity contribution in [2.75, 3.05) is 13.7 Å². The zero-order valence-corrected chi connectivity index (χ0v) is 25.2. The van der Waals surface area contributed by atoms with Crippen molar-refractivity contribution < 1.29 is 32.2 Å². The lowest BCUT2D eigenvalue weighted by Gasteiger charge is -2.28. The second-order valence-corrected chi connectivity index (χ2v) is 12.4. The van der Waals surface area contributed by atoms with Crippen LogP contribution in [0.2, 0.25) is 5.02 Å². The number of carbonyl (C=O) groups is 1. The summed E-state index contributed by atoms with van der Waals surface area (Å²) in [7, 11) is 1.38. The minimum absolute atomic E-state index is 0.0910.